The minimum Gasteiger partial charge on any atom is -0.341 e. The number of hydrogen-bond donors (Lipinski definition) is 1. The molecule has 0 saturated carbocycles. The van der Waals surface area contributed by atoms with Gasteiger partial charge in [0.2, 0.25) is 0 Å². The first-order valence-corrected chi connectivity index (χ1v) is 10.7. The van der Waals surface area contributed by atoms with Crippen molar-refractivity contribution in [2.45, 2.75) is 13.3 Å². The van der Waals surface area contributed by atoms with Crippen molar-refractivity contribution in [3.05, 3.63) is 130 Å². The van der Waals surface area contributed by atoms with E-state index in [1.807, 2.05) is 96.4 Å². The smallest absolute Gasteiger partial charge is 0.193 e. The fraction of sp³-hybridized carbons (Fsp3) is 0.0714. The van der Waals surface area contributed by atoms with Gasteiger partial charge in [-0.3, -0.25) is 9.36 Å². The molecule has 0 spiro atoms. The zero-order valence-corrected chi connectivity index (χ0v) is 17.8. The molecule has 0 bridgehead atoms. The van der Waals surface area contributed by atoms with Gasteiger partial charge < -0.3 is 5.32 Å². The third-order valence-electron chi connectivity index (χ3n) is 5.48. The van der Waals surface area contributed by atoms with E-state index < -0.39 is 0 Å². The van der Waals surface area contributed by atoms with Crippen LogP contribution in [0.25, 0.3) is 16.7 Å². The zero-order chi connectivity index (χ0) is 21.9. The van der Waals surface area contributed by atoms with Crippen LogP contribution in [0.1, 0.15) is 16.8 Å². The lowest BCUT2D eigenvalue weighted by Crippen LogP contribution is -2.15. The highest BCUT2D eigenvalue weighted by molar-refractivity contribution is 5.84. The quantitative estimate of drug-likeness (QED) is 0.380. The normalized spacial score (nSPS) is 10.9. The monoisotopic (exact) mass is 417 g/mol. The topological polar surface area (TPSA) is 46.9 Å². The second-order valence-corrected chi connectivity index (χ2v) is 7.84. The van der Waals surface area contributed by atoms with E-state index >= 15 is 0 Å². The number of rotatable bonds is 5. The third-order valence-corrected chi connectivity index (χ3v) is 5.48. The summed E-state index contributed by atoms with van der Waals surface area (Å²) in [6, 6.07) is 33.8. The number of fused-ring (bicyclic) bond motifs is 1. The van der Waals surface area contributed by atoms with Crippen molar-refractivity contribution in [3.63, 3.8) is 0 Å². The van der Waals surface area contributed by atoms with Gasteiger partial charge in [0.05, 0.1) is 5.39 Å². The number of aryl methyl sites for hydroxylation is 1. The van der Waals surface area contributed by atoms with Crippen molar-refractivity contribution in [1.29, 1.82) is 0 Å². The van der Waals surface area contributed by atoms with Crippen LogP contribution in [0.15, 0.2) is 108 Å². The molecule has 0 aliphatic heterocycles. The summed E-state index contributed by atoms with van der Waals surface area (Å²) in [4.78, 5) is 18.2. The third kappa shape index (κ3) is 3.91. The summed E-state index contributed by atoms with van der Waals surface area (Å²) < 4.78 is 2.03. The minimum atomic E-state index is -0.0379. The Labute approximate surface area is 186 Å². The molecule has 0 radical (unpaired) electrons. The predicted octanol–water partition coefficient (Wildman–Crippen LogP) is 6.03. The van der Waals surface area contributed by atoms with Crippen LogP contribution in [-0.2, 0) is 6.42 Å². The molecule has 0 unspecified atom stereocenters. The summed E-state index contributed by atoms with van der Waals surface area (Å²) in [6.07, 6.45) is 0.677. The number of nitrogens with one attached hydrogen (secondary N) is 1. The molecular formula is C28H23N3O. The lowest BCUT2D eigenvalue weighted by atomic mass is 10.0. The van der Waals surface area contributed by atoms with Crippen LogP contribution in [0.5, 0.6) is 0 Å². The van der Waals surface area contributed by atoms with Gasteiger partial charge in [-0.1, -0.05) is 66.7 Å². The van der Waals surface area contributed by atoms with E-state index in [0.717, 1.165) is 28.2 Å². The van der Waals surface area contributed by atoms with Crippen molar-refractivity contribution in [2.24, 2.45) is 0 Å². The highest BCUT2D eigenvalue weighted by Gasteiger charge is 2.16. The number of pyridine rings is 2. The molecule has 4 heteroatoms. The van der Waals surface area contributed by atoms with E-state index in [-0.39, 0.29) is 5.43 Å². The van der Waals surface area contributed by atoms with Crippen LogP contribution >= 0.6 is 0 Å². The van der Waals surface area contributed by atoms with Gasteiger partial charge in [-0.15, -0.1) is 0 Å². The highest BCUT2D eigenvalue weighted by Crippen LogP contribution is 2.27. The Balaban J connectivity index is 1.78. The van der Waals surface area contributed by atoms with Gasteiger partial charge in [-0.05, 0) is 54.8 Å². The van der Waals surface area contributed by atoms with Gasteiger partial charge in [-0.2, -0.15) is 0 Å². The van der Waals surface area contributed by atoms with E-state index in [4.69, 9.17) is 4.98 Å². The predicted molar refractivity (Wildman–Crippen MR) is 131 cm³/mol. The molecule has 5 aromatic rings. The zero-order valence-electron chi connectivity index (χ0n) is 17.8. The maximum absolute atomic E-state index is 13.4. The first-order valence-electron chi connectivity index (χ1n) is 10.7. The lowest BCUT2D eigenvalue weighted by Gasteiger charge is -2.19. The highest BCUT2D eigenvalue weighted by atomic mass is 16.1. The lowest BCUT2D eigenvalue weighted by molar-refractivity contribution is 1.04. The second-order valence-electron chi connectivity index (χ2n) is 7.84. The van der Waals surface area contributed by atoms with Gasteiger partial charge in [-0.25, -0.2) is 4.98 Å². The number of aromatic nitrogens is 2. The maximum atomic E-state index is 13.4. The molecule has 0 amide bonds. The van der Waals surface area contributed by atoms with Crippen molar-refractivity contribution in [3.8, 4) is 5.69 Å². The molecule has 0 fully saturated rings. The van der Waals surface area contributed by atoms with Gasteiger partial charge >= 0.3 is 0 Å². The fourth-order valence-corrected chi connectivity index (χ4v) is 4.08. The standard InChI is InChI=1S/C28H23N3O/c1-20-17-22(18-21-11-5-2-6-12-21)27-25(32)19-26(30-23-13-7-3-8-14-23)31(28(27)29-20)24-15-9-4-10-16-24/h2-17,19,30H,18H2,1H3. The van der Waals surface area contributed by atoms with Crippen LogP contribution in [0.3, 0.4) is 0 Å². The van der Waals surface area contributed by atoms with Gasteiger partial charge in [0.25, 0.3) is 0 Å². The number of hydrogen-bond acceptors (Lipinski definition) is 3. The molecular weight excluding hydrogens is 394 g/mol. The summed E-state index contributed by atoms with van der Waals surface area (Å²) in [5.41, 5.74) is 5.51. The van der Waals surface area contributed by atoms with Crippen molar-refractivity contribution < 1.29 is 0 Å². The summed E-state index contributed by atoms with van der Waals surface area (Å²) in [6.45, 7) is 1.98. The van der Waals surface area contributed by atoms with Crippen LogP contribution in [0, 0.1) is 6.92 Å². The Morgan fingerprint density at radius 2 is 1.44 bits per heavy atom. The van der Waals surface area contributed by atoms with Crippen LogP contribution < -0.4 is 10.7 Å². The van der Waals surface area contributed by atoms with Crippen LogP contribution in [0.4, 0.5) is 11.5 Å². The maximum Gasteiger partial charge on any atom is 0.193 e. The van der Waals surface area contributed by atoms with E-state index in [0.29, 0.717) is 23.3 Å². The van der Waals surface area contributed by atoms with Gasteiger partial charge in [0.1, 0.15) is 5.82 Å². The Hall–Kier alpha value is -4.18. The summed E-state index contributed by atoms with van der Waals surface area (Å²) >= 11 is 0. The molecule has 4 nitrogen and oxygen atoms in total. The Morgan fingerprint density at radius 1 is 0.812 bits per heavy atom. The fourth-order valence-electron chi connectivity index (χ4n) is 4.08. The second kappa shape index (κ2) is 8.52. The number of benzene rings is 3. The molecule has 5 rings (SSSR count). The van der Waals surface area contributed by atoms with E-state index in [9.17, 15) is 4.79 Å². The van der Waals surface area contributed by atoms with Crippen molar-refractivity contribution in [2.75, 3.05) is 5.32 Å². The first kappa shape index (κ1) is 19.8. The Kier molecular flexibility index (Phi) is 5.26. The largest absolute Gasteiger partial charge is 0.341 e. The number of anilines is 2. The molecule has 2 aromatic heterocycles. The van der Waals surface area contributed by atoms with Gasteiger partial charge in [0.15, 0.2) is 11.1 Å². The molecule has 156 valence electrons. The molecule has 0 atom stereocenters. The average molecular weight is 418 g/mol. The Bertz CT molecular complexity index is 1430. The molecule has 2 heterocycles. The van der Waals surface area contributed by atoms with Gasteiger partial charge in [0, 0.05) is 23.1 Å². The molecule has 3 aromatic carbocycles. The van der Waals surface area contributed by atoms with E-state index in [1.54, 1.807) is 6.07 Å². The summed E-state index contributed by atoms with van der Waals surface area (Å²) in [5.74, 6) is 0.684. The number of para-hydroxylation sites is 2. The molecule has 0 aliphatic rings. The summed E-state index contributed by atoms with van der Waals surface area (Å²) in [7, 11) is 0. The van der Waals surface area contributed by atoms with Crippen LogP contribution in [-0.4, -0.2) is 9.55 Å². The van der Waals surface area contributed by atoms with E-state index in [1.165, 1.54) is 0 Å². The van der Waals surface area contributed by atoms with Crippen LogP contribution in [0.2, 0.25) is 0 Å². The Morgan fingerprint density at radius 3 is 2.12 bits per heavy atom. The molecule has 0 aliphatic carbocycles. The molecule has 0 saturated heterocycles. The first-order chi connectivity index (χ1) is 15.7. The van der Waals surface area contributed by atoms with Crippen molar-refractivity contribution in [1.82, 2.24) is 9.55 Å². The number of nitrogens with zero attached hydrogens (tertiary/aromatic N) is 2. The van der Waals surface area contributed by atoms with Crippen molar-refractivity contribution >= 4 is 22.5 Å². The summed E-state index contributed by atoms with van der Waals surface area (Å²) in [5, 5.41) is 4.07. The minimum absolute atomic E-state index is 0.0379. The average Bonchev–Trinajstić information content (AvgIpc) is 2.81. The molecule has 32 heavy (non-hydrogen) atoms. The SMILES string of the molecule is Cc1cc(Cc2ccccc2)c2c(=O)cc(Nc3ccccc3)n(-c3ccccc3)c2n1. The molecule has 1 N–H and O–H groups in total. The van der Waals surface area contributed by atoms with E-state index in [2.05, 4.69) is 17.4 Å².